The van der Waals surface area contributed by atoms with Gasteiger partial charge in [0.15, 0.2) is 0 Å². The fraction of sp³-hybridized carbons (Fsp3) is 0.909. The van der Waals surface area contributed by atoms with E-state index < -0.39 is 5.60 Å². The van der Waals surface area contributed by atoms with Crippen molar-refractivity contribution in [2.75, 3.05) is 7.11 Å². The summed E-state index contributed by atoms with van der Waals surface area (Å²) in [6, 6.07) is 0. The number of carbonyl (C=O) groups excluding carboxylic acids is 1. The molecule has 0 aromatic heterocycles. The Morgan fingerprint density at radius 1 is 1.36 bits per heavy atom. The molecular formula is C11H20O3. The average Bonchev–Trinajstić information content (AvgIpc) is 2.51. The molecule has 1 unspecified atom stereocenters. The molecule has 3 nitrogen and oxygen atoms in total. The first-order chi connectivity index (χ1) is 6.51. The van der Waals surface area contributed by atoms with Gasteiger partial charge < -0.3 is 9.84 Å². The van der Waals surface area contributed by atoms with Gasteiger partial charge in [-0.25, -0.2) is 0 Å². The standard InChI is InChI=1S/C11H20O3/c1-8(2)9(10(12)14-3)11(13)6-4-5-7-11/h8-9,13H,4-7H2,1-3H3. The number of hydrogen-bond donors (Lipinski definition) is 1. The van der Waals surface area contributed by atoms with Crippen LogP contribution >= 0.6 is 0 Å². The van der Waals surface area contributed by atoms with Gasteiger partial charge >= 0.3 is 5.97 Å². The Morgan fingerprint density at radius 3 is 2.21 bits per heavy atom. The van der Waals surface area contributed by atoms with Gasteiger partial charge in [0.1, 0.15) is 0 Å². The van der Waals surface area contributed by atoms with E-state index in [4.69, 9.17) is 4.74 Å². The molecule has 0 aromatic carbocycles. The first kappa shape index (κ1) is 11.5. The lowest BCUT2D eigenvalue weighted by molar-refractivity contribution is -0.159. The molecule has 0 spiro atoms. The highest BCUT2D eigenvalue weighted by atomic mass is 16.5. The number of ether oxygens (including phenoxy) is 1. The molecule has 0 heterocycles. The zero-order valence-corrected chi connectivity index (χ0v) is 9.25. The minimum absolute atomic E-state index is 0.130. The van der Waals surface area contributed by atoms with Crippen molar-refractivity contribution in [2.24, 2.45) is 11.8 Å². The summed E-state index contributed by atoms with van der Waals surface area (Å²) < 4.78 is 4.75. The van der Waals surface area contributed by atoms with Gasteiger partial charge in [0.05, 0.1) is 18.6 Å². The summed E-state index contributed by atoms with van der Waals surface area (Å²) in [5.74, 6) is -0.509. The van der Waals surface area contributed by atoms with Gasteiger partial charge in [-0.2, -0.15) is 0 Å². The van der Waals surface area contributed by atoms with Crippen LogP contribution in [-0.2, 0) is 9.53 Å². The minimum atomic E-state index is -0.818. The van der Waals surface area contributed by atoms with Crippen molar-refractivity contribution in [2.45, 2.75) is 45.1 Å². The lowest BCUT2D eigenvalue weighted by Crippen LogP contribution is -2.43. The number of esters is 1. The molecule has 1 aliphatic carbocycles. The third kappa shape index (κ3) is 2.08. The quantitative estimate of drug-likeness (QED) is 0.706. The Kier molecular flexibility index (Phi) is 3.53. The molecule has 1 rings (SSSR count). The summed E-state index contributed by atoms with van der Waals surface area (Å²) in [7, 11) is 1.38. The third-order valence-electron chi connectivity index (χ3n) is 3.17. The van der Waals surface area contributed by atoms with Crippen LogP contribution in [0.15, 0.2) is 0 Å². The highest BCUT2D eigenvalue weighted by Gasteiger charge is 2.45. The van der Waals surface area contributed by atoms with Crippen LogP contribution in [0.2, 0.25) is 0 Å². The van der Waals surface area contributed by atoms with Crippen molar-refractivity contribution in [3.63, 3.8) is 0 Å². The second kappa shape index (κ2) is 4.30. The van der Waals surface area contributed by atoms with E-state index in [1.54, 1.807) is 0 Å². The van der Waals surface area contributed by atoms with Crippen LogP contribution in [0.1, 0.15) is 39.5 Å². The Labute approximate surface area is 85.5 Å². The fourth-order valence-electron chi connectivity index (χ4n) is 2.54. The molecule has 1 atom stereocenters. The topological polar surface area (TPSA) is 46.5 Å². The van der Waals surface area contributed by atoms with Gasteiger partial charge in [-0.3, -0.25) is 4.79 Å². The van der Waals surface area contributed by atoms with E-state index in [0.717, 1.165) is 25.7 Å². The molecule has 1 saturated carbocycles. The molecule has 0 radical (unpaired) electrons. The van der Waals surface area contributed by atoms with Crippen molar-refractivity contribution < 1.29 is 14.6 Å². The molecule has 1 N–H and O–H groups in total. The normalized spacial score (nSPS) is 22.4. The number of carbonyl (C=O) groups is 1. The summed E-state index contributed by atoms with van der Waals surface area (Å²) in [4.78, 5) is 11.6. The Hall–Kier alpha value is -0.570. The number of methoxy groups -OCH3 is 1. The van der Waals surface area contributed by atoms with Crippen LogP contribution in [0, 0.1) is 11.8 Å². The molecular weight excluding hydrogens is 180 g/mol. The van der Waals surface area contributed by atoms with E-state index in [9.17, 15) is 9.90 Å². The molecule has 3 heteroatoms. The third-order valence-corrected chi connectivity index (χ3v) is 3.17. The van der Waals surface area contributed by atoms with Crippen LogP contribution in [0.25, 0.3) is 0 Å². The van der Waals surface area contributed by atoms with Crippen molar-refractivity contribution in [1.29, 1.82) is 0 Å². The van der Waals surface area contributed by atoms with Crippen LogP contribution in [0.3, 0.4) is 0 Å². The predicted octanol–water partition coefficient (Wildman–Crippen LogP) is 1.74. The zero-order chi connectivity index (χ0) is 10.8. The van der Waals surface area contributed by atoms with Crippen molar-refractivity contribution in [3.05, 3.63) is 0 Å². The maximum absolute atomic E-state index is 11.6. The molecule has 0 aromatic rings. The highest BCUT2D eigenvalue weighted by molar-refractivity contribution is 5.74. The average molecular weight is 200 g/mol. The number of hydrogen-bond acceptors (Lipinski definition) is 3. The molecule has 0 saturated heterocycles. The molecule has 1 fully saturated rings. The summed E-state index contributed by atoms with van der Waals surface area (Å²) in [5, 5.41) is 10.3. The Balaban J connectivity index is 2.81. The van der Waals surface area contributed by atoms with E-state index in [2.05, 4.69) is 0 Å². The van der Waals surface area contributed by atoms with Gasteiger partial charge in [-0.1, -0.05) is 26.7 Å². The number of rotatable bonds is 3. The van der Waals surface area contributed by atoms with Crippen molar-refractivity contribution in [3.8, 4) is 0 Å². The van der Waals surface area contributed by atoms with Gasteiger partial charge in [0, 0.05) is 0 Å². The molecule has 82 valence electrons. The number of aliphatic hydroxyl groups is 1. The van der Waals surface area contributed by atoms with Crippen LogP contribution in [0.4, 0.5) is 0 Å². The van der Waals surface area contributed by atoms with Crippen molar-refractivity contribution >= 4 is 5.97 Å². The second-order valence-electron chi connectivity index (χ2n) is 4.56. The van der Waals surface area contributed by atoms with Gasteiger partial charge in [0.2, 0.25) is 0 Å². The molecule has 0 bridgehead atoms. The first-order valence-electron chi connectivity index (χ1n) is 5.31. The van der Waals surface area contributed by atoms with E-state index >= 15 is 0 Å². The van der Waals surface area contributed by atoms with E-state index in [0.29, 0.717) is 0 Å². The van der Waals surface area contributed by atoms with E-state index in [1.165, 1.54) is 7.11 Å². The maximum atomic E-state index is 11.6. The van der Waals surface area contributed by atoms with Gasteiger partial charge in [-0.05, 0) is 18.8 Å². The molecule has 0 aliphatic heterocycles. The summed E-state index contributed by atoms with van der Waals surface area (Å²) >= 11 is 0. The van der Waals surface area contributed by atoms with E-state index in [-0.39, 0.29) is 17.8 Å². The Morgan fingerprint density at radius 2 is 1.86 bits per heavy atom. The maximum Gasteiger partial charge on any atom is 0.311 e. The highest BCUT2D eigenvalue weighted by Crippen LogP contribution is 2.39. The Bertz CT molecular complexity index is 205. The largest absolute Gasteiger partial charge is 0.469 e. The minimum Gasteiger partial charge on any atom is -0.469 e. The monoisotopic (exact) mass is 200 g/mol. The molecule has 1 aliphatic rings. The van der Waals surface area contributed by atoms with Crippen LogP contribution < -0.4 is 0 Å². The SMILES string of the molecule is COC(=O)C(C(C)C)C1(O)CCCC1. The van der Waals surface area contributed by atoms with Crippen LogP contribution in [0.5, 0.6) is 0 Å². The first-order valence-corrected chi connectivity index (χ1v) is 5.31. The summed E-state index contributed by atoms with van der Waals surface area (Å²) in [5.41, 5.74) is -0.818. The lowest BCUT2D eigenvalue weighted by Gasteiger charge is -2.33. The smallest absolute Gasteiger partial charge is 0.311 e. The lowest BCUT2D eigenvalue weighted by atomic mass is 9.78. The fourth-order valence-corrected chi connectivity index (χ4v) is 2.54. The van der Waals surface area contributed by atoms with Crippen molar-refractivity contribution in [1.82, 2.24) is 0 Å². The second-order valence-corrected chi connectivity index (χ2v) is 4.56. The van der Waals surface area contributed by atoms with Crippen LogP contribution in [-0.4, -0.2) is 23.8 Å². The van der Waals surface area contributed by atoms with E-state index in [1.807, 2.05) is 13.8 Å². The zero-order valence-electron chi connectivity index (χ0n) is 9.25. The van der Waals surface area contributed by atoms with Gasteiger partial charge in [-0.15, -0.1) is 0 Å². The summed E-state index contributed by atoms with van der Waals surface area (Å²) in [6.07, 6.45) is 3.48. The molecule has 0 amide bonds. The predicted molar refractivity (Wildman–Crippen MR) is 53.8 cm³/mol. The van der Waals surface area contributed by atoms with Gasteiger partial charge in [0.25, 0.3) is 0 Å². The molecule has 14 heavy (non-hydrogen) atoms. The summed E-state index contributed by atoms with van der Waals surface area (Å²) in [6.45, 7) is 3.91.